The van der Waals surface area contributed by atoms with Gasteiger partial charge >= 0.3 is 0 Å². The number of benzene rings is 6. The molecule has 0 saturated heterocycles. The molecule has 6 aromatic carbocycles. The summed E-state index contributed by atoms with van der Waals surface area (Å²) in [5, 5.41) is 4.69. The van der Waals surface area contributed by atoms with Gasteiger partial charge in [-0.2, -0.15) is 0 Å². The van der Waals surface area contributed by atoms with Gasteiger partial charge < -0.3 is 8.98 Å². The van der Waals surface area contributed by atoms with Crippen LogP contribution in [0.15, 0.2) is 138 Å². The lowest BCUT2D eigenvalue weighted by atomic mass is 10.1. The lowest BCUT2D eigenvalue weighted by Crippen LogP contribution is -1.97. The van der Waals surface area contributed by atoms with Gasteiger partial charge in [-0.15, -0.1) is 0 Å². The van der Waals surface area contributed by atoms with Crippen molar-refractivity contribution in [1.29, 1.82) is 0 Å². The predicted molar refractivity (Wildman–Crippen MR) is 171 cm³/mol. The number of fused-ring (bicyclic) bond motifs is 11. The second kappa shape index (κ2) is 7.89. The van der Waals surface area contributed by atoms with Crippen LogP contribution in [0, 0.1) is 0 Å². The summed E-state index contributed by atoms with van der Waals surface area (Å²) in [6.07, 6.45) is 0. The van der Waals surface area contributed by atoms with Gasteiger partial charge in [-0.1, -0.05) is 72.8 Å². The van der Waals surface area contributed by atoms with Crippen molar-refractivity contribution in [3.05, 3.63) is 133 Å². The van der Waals surface area contributed by atoms with Crippen LogP contribution >= 0.6 is 0 Å². The van der Waals surface area contributed by atoms with Crippen LogP contribution in [0.5, 0.6) is 0 Å². The molecule has 0 fully saturated rings. The van der Waals surface area contributed by atoms with E-state index >= 15 is 0 Å². The number of para-hydroxylation sites is 5. The maximum absolute atomic E-state index is 6.28. The Balaban J connectivity index is 1.36. The SMILES string of the molecule is c1ccc2c(c1)nc1n(-c3cccc4oc5ccccc5c34)c3ccc(-n4c5ccccc5c5ccccc54)cc3n21. The molecule has 0 aliphatic heterocycles. The fourth-order valence-corrected chi connectivity index (χ4v) is 6.91. The topological polar surface area (TPSA) is 40.3 Å². The van der Waals surface area contributed by atoms with Crippen LogP contribution in [0.2, 0.25) is 0 Å². The molecule has 0 atom stereocenters. The standard InChI is InChI=1S/C37H22N4O/c1-5-14-28-24(10-1)25-11-2-6-15-29(25)39(28)23-20-21-31-33(22-23)40-30-16-7-4-13-27(30)38-37(40)41(31)32-17-9-19-35-36(32)26-12-3-8-18-34(26)42-35/h1-22H. The number of hydrogen-bond acceptors (Lipinski definition) is 2. The minimum atomic E-state index is 0.867. The lowest BCUT2D eigenvalue weighted by molar-refractivity contribution is 0.669. The smallest absolute Gasteiger partial charge is 0.220 e. The maximum atomic E-state index is 6.28. The average Bonchev–Trinajstić information content (AvgIpc) is 3.77. The van der Waals surface area contributed by atoms with E-state index < -0.39 is 0 Å². The molecule has 0 spiro atoms. The molecule has 0 radical (unpaired) electrons. The monoisotopic (exact) mass is 538 g/mol. The van der Waals surface area contributed by atoms with Crippen molar-refractivity contribution in [1.82, 2.24) is 18.5 Å². The summed E-state index contributed by atoms with van der Waals surface area (Å²) in [5.74, 6) is 0.878. The van der Waals surface area contributed by atoms with Crippen molar-refractivity contribution in [3.8, 4) is 11.4 Å². The van der Waals surface area contributed by atoms with Crippen LogP contribution in [-0.4, -0.2) is 18.5 Å². The van der Waals surface area contributed by atoms with E-state index in [1.54, 1.807) is 0 Å². The molecule has 4 heterocycles. The van der Waals surface area contributed by atoms with Crippen molar-refractivity contribution in [2.45, 2.75) is 0 Å². The fraction of sp³-hybridized carbons (Fsp3) is 0. The zero-order valence-electron chi connectivity index (χ0n) is 22.4. The van der Waals surface area contributed by atoms with Crippen LogP contribution in [0.1, 0.15) is 0 Å². The van der Waals surface area contributed by atoms with Gasteiger partial charge in [-0.3, -0.25) is 8.97 Å². The normalized spacial score (nSPS) is 12.3. The third-order valence-corrected chi connectivity index (χ3v) is 8.64. The van der Waals surface area contributed by atoms with E-state index in [9.17, 15) is 0 Å². The molecule has 10 rings (SSSR count). The Kier molecular flexibility index (Phi) is 4.12. The summed E-state index contributed by atoms with van der Waals surface area (Å²) >= 11 is 0. The lowest BCUT2D eigenvalue weighted by Gasteiger charge is -2.10. The molecular weight excluding hydrogens is 516 g/mol. The van der Waals surface area contributed by atoms with Crippen LogP contribution in [0.3, 0.4) is 0 Å². The second-order valence-electron chi connectivity index (χ2n) is 10.9. The molecule has 5 nitrogen and oxygen atoms in total. The molecule has 0 amide bonds. The highest BCUT2D eigenvalue weighted by Crippen LogP contribution is 2.38. The molecule has 0 aliphatic carbocycles. The van der Waals surface area contributed by atoms with Gasteiger partial charge in [-0.25, -0.2) is 4.98 Å². The molecule has 10 aromatic rings. The van der Waals surface area contributed by atoms with Crippen LogP contribution in [0.25, 0.3) is 83.0 Å². The molecule has 0 aliphatic rings. The summed E-state index contributed by atoms with van der Waals surface area (Å²) in [6, 6.07) is 47.0. The van der Waals surface area contributed by atoms with E-state index in [0.29, 0.717) is 0 Å². The van der Waals surface area contributed by atoms with Crippen molar-refractivity contribution < 1.29 is 4.42 Å². The molecular formula is C37H22N4O. The molecule has 0 bridgehead atoms. The number of furan rings is 1. The summed E-state index contributed by atoms with van der Waals surface area (Å²) in [4.78, 5) is 5.18. The van der Waals surface area contributed by atoms with Gasteiger partial charge in [0.2, 0.25) is 5.78 Å². The Labute approximate surface area is 239 Å². The van der Waals surface area contributed by atoms with E-state index in [1.807, 2.05) is 18.2 Å². The predicted octanol–water partition coefficient (Wildman–Crippen LogP) is 9.43. The third-order valence-electron chi connectivity index (χ3n) is 8.64. The third kappa shape index (κ3) is 2.74. The molecule has 0 saturated carbocycles. The van der Waals surface area contributed by atoms with Gasteiger partial charge in [0.15, 0.2) is 0 Å². The quantitative estimate of drug-likeness (QED) is 0.220. The second-order valence-corrected chi connectivity index (χ2v) is 10.9. The highest BCUT2D eigenvalue weighted by molar-refractivity contribution is 6.11. The van der Waals surface area contributed by atoms with Crippen LogP contribution in [0.4, 0.5) is 0 Å². The van der Waals surface area contributed by atoms with Gasteiger partial charge in [0.1, 0.15) is 11.2 Å². The van der Waals surface area contributed by atoms with E-state index in [4.69, 9.17) is 9.40 Å². The molecule has 4 aromatic heterocycles. The largest absolute Gasteiger partial charge is 0.456 e. The van der Waals surface area contributed by atoms with Gasteiger partial charge in [0.25, 0.3) is 0 Å². The first-order valence-electron chi connectivity index (χ1n) is 14.2. The number of hydrogen-bond donors (Lipinski definition) is 0. The number of nitrogens with zero attached hydrogens (tertiary/aromatic N) is 4. The van der Waals surface area contributed by atoms with Crippen LogP contribution < -0.4 is 0 Å². The van der Waals surface area contributed by atoms with E-state index in [1.165, 1.54) is 21.8 Å². The highest BCUT2D eigenvalue weighted by Gasteiger charge is 2.21. The van der Waals surface area contributed by atoms with Crippen molar-refractivity contribution in [2.24, 2.45) is 0 Å². The molecule has 0 N–H and O–H groups in total. The summed E-state index contributed by atoms with van der Waals surface area (Å²) < 4.78 is 13.2. The zero-order chi connectivity index (χ0) is 27.4. The Bertz CT molecular complexity index is 2650. The molecule has 0 unspecified atom stereocenters. The Morgan fingerprint density at radius 3 is 1.95 bits per heavy atom. The van der Waals surface area contributed by atoms with Crippen molar-refractivity contribution >= 4 is 71.6 Å². The maximum Gasteiger partial charge on any atom is 0.220 e. The number of rotatable bonds is 2. The molecule has 5 heteroatoms. The minimum Gasteiger partial charge on any atom is -0.456 e. The first-order chi connectivity index (χ1) is 20.8. The molecule has 42 heavy (non-hydrogen) atoms. The Morgan fingerprint density at radius 1 is 0.476 bits per heavy atom. The first-order valence-corrected chi connectivity index (χ1v) is 14.2. The Hall–Kier alpha value is -5.81. The first kappa shape index (κ1) is 21.9. The van der Waals surface area contributed by atoms with Gasteiger partial charge in [0, 0.05) is 21.8 Å². The van der Waals surface area contributed by atoms with Gasteiger partial charge in [-0.05, 0) is 60.7 Å². The number of imidazole rings is 2. The highest BCUT2D eigenvalue weighted by atomic mass is 16.3. The van der Waals surface area contributed by atoms with E-state index in [0.717, 1.165) is 61.2 Å². The fourth-order valence-electron chi connectivity index (χ4n) is 6.91. The molecule has 196 valence electrons. The van der Waals surface area contributed by atoms with Gasteiger partial charge in [0.05, 0.1) is 44.2 Å². The summed E-state index contributed by atoms with van der Waals surface area (Å²) in [5.41, 5.74) is 10.5. The summed E-state index contributed by atoms with van der Waals surface area (Å²) in [6.45, 7) is 0. The summed E-state index contributed by atoms with van der Waals surface area (Å²) in [7, 11) is 0. The van der Waals surface area contributed by atoms with E-state index in [-0.39, 0.29) is 0 Å². The number of aromatic nitrogens is 4. The van der Waals surface area contributed by atoms with E-state index in [2.05, 4.69) is 129 Å². The van der Waals surface area contributed by atoms with Crippen molar-refractivity contribution in [2.75, 3.05) is 0 Å². The zero-order valence-corrected chi connectivity index (χ0v) is 22.4. The average molecular weight is 539 g/mol. The minimum absolute atomic E-state index is 0.867. The van der Waals surface area contributed by atoms with Crippen LogP contribution in [-0.2, 0) is 0 Å². The van der Waals surface area contributed by atoms with Crippen molar-refractivity contribution in [3.63, 3.8) is 0 Å². The Morgan fingerprint density at radius 2 is 1.14 bits per heavy atom.